The van der Waals surface area contributed by atoms with Gasteiger partial charge in [-0.15, -0.1) is 0 Å². The first kappa shape index (κ1) is 20.7. The summed E-state index contributed by atoms with van der Waals surface area (Å²) in [5.41, 5.74) is 1.31. The van der Waals surface area contributed by atoms with Gasteiger partial charge in [-0.05, 0) is 38.4 Å². The van der Waals surface area contributed by atoms with Crippen molar-refractivity contribution in [3.8, 4) is 0 Å². The first-order valence-corrected chi connectivity index (χ1v) is 10.2. The number of nitrogens with one attached hydrogen (secondary N) is 1. The van der Waals surface area contributed by atoms with E-state index in [1.807, 2.05) is 0 Å². The maximum atomic E-state index is 4.82. The van der Waals surface area contributed by atoms with Crippen LogP contribution in [0.15, 0.2) is 35.3 Å². The molecule has 1 N–H and O–H groups in total. The Hall–Kier alpha value is -1.59. The number of hydrogen-bond acceptors (Lipinski definition) is 3. The fourth-order valence-electron chi connectivity index (χ4n) is 3.36. The summed E-state index contributed by atoms with van der Waals surface area (Å²) >= 11 is 0. The van der Waals surface area contributed by atoms with E-state index >= 15 is 0 Å². The van der Waals surface area contributed by atoms with Crippen LogP contribution < -0.4 is 5.32 Å². The molecule has 1 aromatic carbocycles. The number of rotatable bonds is 9. The second kappa shape index (κ2) is 11.9. The molecule has 0 atom stereocenters. The first-order valence-electron chi connectivity index (χ1n) is 10.2. The van der Waals surface area contributed by atoms with Crippen molar-refractivity contribution in [1.29, 1.82) is 0 Å². The van der Waals surface area contributed by atoms with Crippen molar-refractivity contribution in [1.82, 2.24) is 20.0 Å². The minimum absolute atomic E-state index is 0.883. The van der Waals surface area contributed by atoms with Gasteiger partial charge in [0.25, 0.3) is 0 Å². The summed E-state index contributed by atoms with van der Waals surface area (Å²) in [5.74, 6) is 1.01. The van der Waals surface area contributed by atoms with Crippen LogP contribution >= 0.6 is 0 Å². The van der Waals surface area contributed by atoms with Crippen LogP contribution in [0.25, 0.3) is 0 Å². The number of nitrogens with zero attached hydrogens (tertiary/aromatic N) is 4. The maximum Gasteiger partial charge on any atom is 0.193 e. The molecule has 1 aromatic rings. The predicted molar refractivity (Wildman–Crippen MR) is 112 cm³/mol. The van der Waals surface area contributed by atoms with Gasteiger partial charge >= 0.3 is 0 Å². The van der Waals surface area contributed by atoms with E-state index in [2.05, 4.69) is 71.2 Å². The van der Waals surface area contributed by atoms with Crippen molar-refractivity contribution < 1.29 is 0 Å². The van der Waals surface area contributed by atoms with E-state index in [4.69, 9.17) is 4.99 Å². The number of guanidine groups is 1. The van der Waals surface area contributed by atoms with Crippen molar-refractivity contribution in [2.75, 3.05) is 59.4 Å². The van der Waals surface area contributed by atoms with Crippen LogP contribution in [0.2, 0.25) is 0 Å². The van der Waals surface area contributed by atoms with E-state index in [1.54, 1.807) is 0 Å². The van der Waals surface area contributed by atoms with Gasteiger partial charge < -0.3 is 20.0 Å². The Morgan fingerprint density at radius 1 is 1.04 bits per heavy atom. The SMILES string of the molecule is CCNC(=NCCCCN1CCN(CC)CC1)N(C)Cc1ccccc1. The van der Waals surface area contributed by atoms with Crippen LogP contribution in [0, 0.1) is 0 Å². The molecule has 26 heavy (non-hydrogen) atoms. The number of hydrogen-bond donors (Lipinski definition) is 1. The Balaban J connectivity index is 1.69. The van der Waals surface area contributed by atoms with E-state index < -0.39 is 0 Å². The lowest BCUT2D eigenvalue weighted by Crippen LogP contribution is -2.46. The Bertz CT molecular complexity index is 508. The van der Waals surface area contributed by atoms with Crippen LogP contribution in [0.4, 0.5) is 0 Å². The standard InChI is InChI=1S/C21H37N5/c1-4-22-21(24(3)19-20-11-7-6-8-12-20)23-13-9-10-14-26-17-15-25(5-2)16-18-26/h6-8,11-12H,4-5,9-10,13-19H2,1-3H3,(H,22,23). The number of piperazine rings is 1. The molecule has 146 valence electrons. The number of likely N-dealkylation sites (N-methyl/N-ethyl adjacent to an activating group) is 1. The topological polar surface area (TPSA) is 34.1 Å². The van der Waals surface area contributed by atoms with Gasteiger partial charge in [-0.2, -0.15) is 0 Å². The van der Waals surface area contributed by atoms with Crippen molar-refractivity contribution in [2.45, 2.75) is 33.2 Å². The molecule has 5 heteroatoms. The van der Waals surface area contributed by atoms with Crippen LogP contribution in [0.1, 0.15) is 32.3 Å². The second-order valence-corrected chi connectivity index (χ2v) is 7.06. The molecule has 0 unspecified atom stereocenters. The summed E-state index contributed by atoms with van der Waals surface area (Å²) in [7, 11) is 2.11. The number of aliphatic imine (C=N–C) groups is 1. The minimum atomic E-state index is 0.883. The van der Waals surface area contributed by atoms with E-state index in [-0.39, 0.29) is 0 Å². The summed E-state index contributed by atoms with van der Waals surface area (Å²) in [5, 5.41) is 3.41. The molecule has 1 aliphatic rings. The Kier molecular flexibility index (Phi) is 9.50. The number of benzene rings is 1. The molecular weight excluding hydrogens is 322 g/mol. The highest BCUT2D eigenvalue weighted by Crippen LogP contribution is 2.05. The summed E-state index contributed by atoms with van der Waals surface area (Å²) in [4.78, 5) is 12.2. The van der Waals surface area contributed by atoms with E-state index in [0.717, 1.165) is 32.0 Å². The van der Waals surface area contributed by atoms with Gasteiger partial charge in [0.05, 0.1) is 0 Å². The summed E-state index contributed by atoms with van der Waals surface area (Å²) in [6.45, 7) is 14.4. The van der Waals surface area contributed by atoms with Gasteiger partial charge in [0.2, 0.25) is 0 Å². The lowest BCUT2D eigenvalue weighted by Gasteiger charge is -2.33. The molecule has 1 saturated heterocycles. The third-order valence-corrected chi connectivity index (χ3v) is 5.02. The van der Waals surface area contributed by atoms with Gasteiger partial charge in [-0.1, -0.05) is 37.3 Å². The molecule has 1 aliphatic heterocycles. The average Bonchev–Trinajstić information content (AvgIpc) is 2.68. The Morgan fingerprint density at radius 3 is 2.38 bits per heavy atom. The predicted octanol–water partition coefficient (Wildman–Crippen LogP) is 2.50. The van der Waals surface area contributed by atoms with Crippen LogP contribution in [-0.2, 0) is 6.54 Å². The minimum Gasteiger partial charge on any atom is -0.357 e. The third kappa shape index (κ3) is 7.34. The molecule has 1 heterocycles. The second-order valence-electron chi connectivity index (χ2n) is 7.06. The first-order chi connectivity index (χ1) is 12.7. The molecule has 0 radical (unpaired) electrons. The van der Waals surface area contributed by atoms with Crippen molar-refractivity contribution in [3.63, 3.8) is 0 Å². The summed E-state index contributed by atoms with van der Waals surface area (Å²) in [6, 6.07) is 10.6. The summed E-state index contributed by atoms with van der Waals surface area (Å²) in [6.07, 6.45) is 2.39. The van der Waals surface area contributed by atoms with Gasteiger partial charge in [0.1, 0.15) is 0 Å². The third-order valence-electron chi connectivity index (χ3n) is 5.02. The molecule has 5 nitrogen and oxygen atoms in total. The van der Waals surface area contributed by atoms with E-state index in [0.29, 0.717) is 0 Å². The molecule has 0 amide bonds. The molecule has 0 aromatic heterocycles. The maximum absolute atomic E-state index is 4.82. The molecular formula is C21H37N5. The van der Waals surface area contributed by atoms with Crippen LogP contribution in [0.3, 0.4) is 0 Å². The molecule has 0 bridgehead atoms. The van der Waals surface area contributed by atoms with Crippen molar-refractivity contribution in [2.24, 2.45) is 4.99 Å². The largest absolute Gasteiger partial charge is 0.357 e. The normalized spacial score (nSPS) is 16.7. The highest BCUT2D eigenvalue weighted by molar-refractivity contribution is 5.79. The lowest BCUT2D eigenvalue weighted by atomic mass is 10.2. The lowest BCUT2D eigenvalue weighted by molar-refractivity contribution is 0.136. The molecule has 0 aliphatic carbocycles. The van der Waals surface area contributed by atoms with Gasteiger partial charge in [0.15, 0.2) is 5.96 Å². The van der Waals surface area contributed by atoms with Gasteiger partial charge in [-0.25, -0.2) is 0 Å². The zero-order valence-corrected chi connectivity index (χ0v) is 17.0. The Labute approximate surface area is 160 Å². The Morgan fingerprint density at radius 2 is 1.73 bits per heavy atom. The zero-order valence-electron chi connectivity index (χ0n) is 17.0. The highest BCUT2D eigenvalue weighted by Gasteiger charge is 2.14. The smallest absolute Gasteiger partial charge is 0.193 e. The van der Waals surface area contributed by atoms with E-state index in [1.165, 1.54) is 51.3 Å². The summed E-state index contributed by atoms with van der Waals surface area (Å²) < 4.78 is 0. The molecule has 0 saturated carbocycles. The van der Waals surface area contributed by atoms with Crippen molar-refractivity contribution >= 4 is 5.96 Å². The molecule has 1 fully saturated rings. The quantitative estimate of drug-likeness (QED) is 0.417. The fraction of sp³-hybridized carbons (Fsp3) is 0.667. The molecule has 2 rings (SSSR count). The van der Waals surface area contributed by atoms with Crippen LogP contribution in [0.5, 0.6) is 0 Å². The van der Waals surface area contributed by atoms with Gasteiger partial charge in [0, 0.05) is 52.9 Å². The van der Waals surface area contributed by atoms with E-state index in [9.17, 15) is 0 Å². The monoisotopic (exact) mass is 359 g/mol. The molecule has 0 spiro atoms. The zero-order chi connectivity index (χ0) is 18.6. The average molecular weight is 360 g/mol. The fourth-order valence-corrected chi connectivity index (χ4v) is 3.36. The van der Waals surface area contributed by atoms with Crippen LogP contribution in [-0.4, -0.2) is 80.1 Å². The number of unbranched alkanes of at least 4 members (excludes halogenated alkanes) is 1. The van der Waals surface area contributed by atoms with Crippen molar-refractivity contribution in [3.05, 3.63) is 35.9 Å². The highest BCUT2D eigenvalue weighted by atomic mass is 15.3. The van der Waals surface area contributed by atoms with Gasteiger partial charge in [-0.3, -0.25) is 4.99 Å².